The number of hydrogen-bond acceptors (Lipinski definition) is 2. The van der Waals surface area contributed by atoms with Crippen molar-refractivity contribution in [2.24, 2.45) is 0 Å². The highest BCUT2D eigenvalue weighted by Gasteiger charge is 2.16. The fraction of sp³-hybridized carbons (Fsp3) is 0.214. The van der Waals surface area contributed by atoms with Crippen molar-refractivity contribution < 1.29 is 9.90 Å². The predicted molar refractivity (Wildman–Crippen MR) is 68.1 cm³/mol. The average Bonchev–Trinajstić information content (AvgIpc) is 2.35. The minimum atomic E-state index is -0.819. The van der Waals surface area contributed by atoms with Crippen LogP contribution >= 0.6 is 0 Å². The third-order valence-corrected chi connectivity index (χ3v) is 2.95. The lowest BCUT2D eigenvalue weighted by atomic mass is 9.99. The van der Waals surface area contributed by atoms with Crippen LogP contribution in [0.15, 0.2) is 42.5 Å². The van der Waals surface area contributed by atoms with E-state index >= 15 is 0 Å². The molecule has 0 unspecified atom stereocenters. The Hall–Kier alpha value is -1.87. The summed E-state index contributed by atoms with van der Waals surface area (Å²) in [5.41, 5.74) is 1.06. The smallest absolute Gasteiger partial charge is 0.321 e. The molecule has 0 amide bonds. The quantitative estimate of drug-likeness (QED) is 0.843. The lowest BCUT2D eigenvalue weighted by Crippen LogP contribution is -2.35. The van der Waals surface area contributed by atoms with Gasteiger partial charge in [-0.2, -0.15) is 0 Å². The highest BCUT2D eigenvalue weighted by atomic mass is 16.4. The first-order valence-corrected chi connectivity index (χ1v) is 5.59. The van der Waals surface area contributed by atoms with Crippen LogP contribution in [0, 0.1) is 0 Å². The molecule has 0 aliphatic rings. The third-order valence-electron chi connectivity index (χ3n) is 2.95. The van der Waals surface area contributed by atoms with E-state index in [-0.39, 0.29) is 0 Å². The fourth-order valence-corrected chi connectivity index (χ4v) is 2.00. The van der Waals surface area contributed by atoms with Crippen molar-refractivity contribution in [1.29, 1.82) is 0 Å². The zero-order chi connectivity index (χ0) is 12.3. The lowest BCUT2D eigenvalue weighted by Gasteiger charge is -2.12. The summed E-state index contributed by atoms with van der Waals surface area (Å²) < 4.78 is 0. The van der Waals surface area contributed by atoms with E-state index in [0.717, 1.165) is 16.3 Å². The van der Waals surface area contributed by atoms with Gasteiger partial charge in [0.05, 0.1) is 0 Å². The average molecular weight is 229 g/mol. The van der Waals surface area contributed by atoms with Gasteiger partial charge in [0.25, 0.3) is 0 Å². The summed E-state index contributed by atoms with van der Waals surface area (Å²) in [6, 6.07) is 13.5. The summed E-state index contributed by atoms with van der Waals surface area (Å²) in [5.74, 6) is -0.819. The van der Waals surface area contributed by atoms with Crippen LogP contribution in [0.3, 0.4) is 0 Å². The molecule has 2 N–H and O–H groups in total. The monoisotopic (exact) mass is 229 g/mol. The molecule has 0 aromatic heterocycles. The van der Waals surface area contributed by atoms with E-state index in [1.54, 1.807) is 7.05 Å². The van der Waals surface area contributed by atoms with Crippen LogP contribution in [-0.4, -0.2) is 24.2 Å². The van der Waals surface area contributed by atoms with E-state index < -0.39 is 12.0 Å². The molecule has 0 bridgehead atoms. The van der Waals surface area contributed by atoms with Crippen LogP contribution in [0.1, 0.15) is 5.56 Å². The number of aliphatic carboxylic acids is 1. The van der Waals surface area contributed by atoms with E-state index in [9.17, 15) is 4.79 Å². The molecular weight excluding hydrogens is 214 g/mol. The summed E-state index contributed by atoms with van der Waals surface area (Å²) in [6.45, 7) is 0. The number of fused-ring (bicyclic) bond motifs is 1. The van der Waals surface area contributed by atoms with Crippen LogP contribution in [-0.2, 0) is 11.2 Å². The second-order valence-electron chi connectivity index (χ2n) is 4.02. The summed E-state index contributed by atoms with van der Waals surface area (Å²) in [4.78, 5) is 11.0. The van der Waals surface area contributed by atoms with E-state index in [0.29, 0.717) is 6.42 Å². The van der Waals surface area contributed by atoms with Crippen molar-refractivity contribution >= 4 is 16.7 Å². The molecule has 0 aliphatic carbocycles. The van der Waals surface area contributed by atoms with Gasteiger partial charge in [0, 0.05) is 0 Å². The Labute approximate surface area is 100 Å². The molecule has 0 radical (unpaired) electrons. The molecule has 3 heteroatoms. The fourth-order valence-electron chi connectivity index (χ4n) is 2.00. The highest BCUT2D eigenvalue weighted by Crippen LogP contribution is 2.19. The van der Waals surface area contributed by atoms with Gasteiger partial charge < -0.3 is 10.4 Å². The van der Waals surface area contributed by atoms with Crippen LogP contribution in [0.5, 0.6) is 0 Å². The Morgan fingerprint density at radius 1 is 1.24 bits per heavy atom. The molecule has 0 aliphatic heterocycles. The first-order chi connectivity index (χ1) is 8.22. The van der Waals surface area contributed by atoms with Crippen LogP contribution in [0.25, 0.3) is 10.8 Å². The Kier molecular flexibility index (Phi) is 3.40. The van der Waals surface area contributed by atoms with Crippen molar-refractivity contribution in [1.82, 2.24) is 5.32 Å². The number of nitrogens with one attached hydrogen (secondary N) is 1. The third kappa shape index (κ3) is 2.45. The number of hydrogen-bond donors (Lipinski definition) is 2. The van der Waals surface area contributed by atoms with Crippen molar-refractivity contribution in [3.05, 3.63) is 48.0 Å². The normalized spacial score (nSPS) is 12.5. The number of carboxylic acids is 1. The number of rotatable bonds is 4. The van der Waals surface area contributed by atoms with Crippen molar-refractivity contribution in [2.45, 2.75) is 12.5 Å². The molecule has 0 saturated heterocycles. The Morgan fingerprint density at radius 2 is 1.94 bits per heavy atom. The van der Waals surface area contributed by atoms with Crippen molar-refractivity contribution in [3.8, 4) is 0 Å². The Balaban J connectivity index is 2.38. The molecule has 17 heavy (non-hydrogen) atoms. The predicted octanol–water partition coefficient (Wildman–Crippen LogP) is 2.05. The maximum Gasteiger partial charge on any atom is 0.321 e. The van der Waals surface area contributed by atoms with Gasteiger partial charge in [0.2, 0.25) is 0 Å². The number of likely N-dealkylation sites (N-methyl/N-ethyl adjacent to an activating group) is 1. The molecular formula is C14H15NO2. The topological polar surface area (TPSA) is 49.3 Å². The van der Waals surface area contributed by atoms with Gasteiger partial charge in [-0.25, -0.2) is 0 Å². The molecule has 0 fully saturated rings. The van der Waals surface area contributed by atoms with Gasteiger partial charge in [0.15, 0.2) is 0 Å². The summed E-state index contributed by atoms with van der Waals surface area (Å²) >= 11 is 0. The highest BCUT2D eigenvalue weighted by molar-refractivity contribution is 5.86. The van der Waals surface area contributed by atoms with Crippen LogP contribution < -0.4 is 5.32 Å². The molecule has 0 heterocycles. The molecule has 1 atom stereocenters. The number of carbonyl (C=O) groups is 1. The maximum absolute atomic E-state index is 11.0. The Bertz CT molecular complexity index is 531. The summed E-state index contributed by atoms with van der Waals surface area (Å²) in [6.07, 6.45) is 0.493. The molecule has 2 rings (SSSR count). The minimum absolute atomic E-state index is 0.493. The minimum Gasteiger partial charge on any atom is -0.480 e. The molecule has 3 nitrogen and oxygen atoms in total. The van der Waals surface area contributed by atoms with Crippen LogP contribution in [0.2, 0.25) is 0 Å². The molecule has 88 valence electrons. The summed E-state index contributed by atoms with van der Waals surface area (Å²) in [5, 5.41) is 14.1. The number of benzene rings is 2. The Morgan fingerprint density at radius 3 is 2.65 bits per heavy atom. The van der Waals surface area contributed by atoms with Gasteiger partial charge >= 0.3 is 5.97 Å². The van der Waals surface area contributed by atoms with Gasteiger partial charge in [0.1, 0.15) is 6.04 Å². The molecule has 2 aromatic carbocycles. The maximum atomic E-state index is 11.0. The van der Waals surface area contributed by atoms with E-state index in [2.05, 4.69) is 5.32 Å². The van der Waals surface area contributed by atoms with E-state index in [1.165, 1.54) is 0 Å². The lowest BCUT2D eigenvalue weighted by molar-refractivity contribution is -0.139. The largest absolute Gasteiger partial charge is 0.480 e. The standard InChI is InChI=1S/C14H15NO2/c1-15-13(14(16)17)9-11-7-4-6-10-5-2-3-8-12(10)11/h2-8,13,15H,9H2,1H3,(H,16,17)/t13-/m1/s1. The number of carboxylic acid groups (broad SMARTS) is 1. The van der Waals surface area contributed by atoms with Gasteiger partial charge in [-0.1, -0.05) is 42.5 Å². The molecule has 2 aromatic rings. The van der Waals surface area contributed by atoms with Crippen molar-refractivity contribution in [3.63, 3.8) is 0 Å². The zero-order valence-electron chi connectivity index (χ0n) is 9.68. The zero-order valence-corrected chi connectivity index (χ0v) is 9.68. The van der Waals surface area contributed by atoms with E-state index in [1.807, 2.05) is 42.5 Å². The van der Waals surface area contributed by atoms with Gasteiger partial charge in [-0.3, -0.25) is 4.79 Å². The first-order valence-electron chi connectivity index (χ1n) is 5.59. The molecule has 0 saturated carbocycles. The second kappa shape index (κ2) is 4.97. The summed E-state index contributed by atoms with van der Waals surface area (Å²) in [7, 11) is 1.67. The van der Waals surface area contributed by atoms with Gasteiger partial charge in [-0.05, 0) is 29.8 Å². The molecule has 0 spiro atoms. The van der Waals surface area contributed by atoms with Crippen molar-refractivity contribution in [2.75, 3.05) is 7.05 Å². The van der Waals surface area contributed by atoms with Gasteiger partial charge in [-0.15, -0.1) is 0 Å². The van der Waals surface area contributed by atoms with Crippen LogP contribution in [0.4, 0.5) is 0 Å². The second-order valence-corrected chi connectivity index (χ2v) is 4.02. The van der Waals surface area contributed by atoms with E-state index in [4.69, 9.17) is 5.11 Å². The SMILES string of the molecule is CN[C@H](Cc1cccc2ccccc12)C(=O)O. The first kappa shape index (κ1) is 11.6.